The number of thiazole rings is 1. The molecule has 0 amide bonds. The van der Waals surface area contributed by atoms with Crippen molar-refractivity contribution in [2.75, 3.05) is 5.75 Å². The zero-order valence-corrected chi connectivity index (χ0v) is 9.75. The number of unbranched alkanes of at least 4 members (excludes halogenated alkanes) is 1. The summed E-state index contributed by atoms with van der Waals surface area (Å²) in [6, 6.07) is 0. The lowest BCUT2D eigenvalue weighted by Gasteiger charge is -2.03. The molecule has 0 bridgehead atoms. The summed E-state index contributed by atoms with van der Waals surface area (Å²) in [5.74, 6) is 0.900. The predicted molar refractivity (Wildman–Crippen MR) is 61.1 cm³/mol. The summed E-state index contributed by atoms with van der Waals surface area (Å²) < 4.78 is 1.86. The fourth-order valence-corrected chi connectivity index (χ4v) is 2.31. The Labute approximate surface area is 88.0 Å². The highest BCUT2D eigenvalue weighted by molar-refractivity contribution is 7.80. The maximum Gasteiger partial charge on any atom is 0.307 e. The molecule has 1 rings (SSSR count). The van der Waals surface area contributed by atoms with E-state index in [1.807, 2.05) is 18.4 Å². The highest BCUT2D eigenvalue weighted by Gasteiger charge is 2.05. The summed E-state index contributed by atoms with van der Waals surface area (Å²) >= 11 is 5.48. The van der Waals surface area contributed by atoms with Gasteiger partial charge in [-0.25, -0.2) is 0 Å². The van der Waals surface area contributed by atoms with E-state index in [9.17, 15) is 4.79 Å². The van der Waals surface area contributed by atoms with Gasteiger partial charge in [0.15, 0.2) is 0 Å². The minimum absolute atomic E-state index is 0.175. The number of hydrogen-bond acceptors (Lipinski definition) is 3. The minimum Gasteiger partial charge on any atom is -0.303 e. The number of thiol groups is 1. The van der Waals surface area contributed by atoms with Crippen LogP contribution in [0.4, 0.5) is 0 Å². The van der Waals surface area contributed by atoms with Gasteiger partial charge in [-0.05, 0) is 32.4 Å². The van der Waals surface area contributed by atoms with E-state index < -0.39 is 0 Å². The molecule has 13 heavy (non-hydrogen) atoms. The Morgan fingerprint density at radius 2 is 2.08 bits per heavy atom. The molecule has 0 saturated carbocycles. The quantitative estimate of drug-likeness (QED) is 0.606. The van der Waals surface area contributed by atoms with Crippen LogP contribution in [0.1, 0.15) is 23.4 Å². The molecule has 0 unspecified atom stereocenters. The smallest absolute Gasteiger partial charge is 0.303 e. The number of aryl methyl sites for hydroxylation is 1. The van der Waals surface area contributed by atoms with E-state index in [1.165, 1.54) is 11.3 Å². The van der Waals surface area contributed by atoms with Gasteiger partial charge < -0.3 is 4.57 Å². The summed E-state index contributed by atoms with van der Waals surface area (Å²) in [7, 11) is 0. The van der Waals surface area contributed by atoms with E-state index in [1.54, 1.807) is 0 Å². The molecule has 0 saturated heterocycles. The Bertz CT molecular complexity index is 327. The van der Waals surface area contributed by atoms with Crippen LogP contribution in [0, 0.1) is 13.8 Å². The van der Waals surface area contributed by atoms with Crippen molar-refractivity contribution in [3.63, 3.8) is 0 Å². The summed E-state index contributed by atoms with van der Waals surface area (Å²) in [5.41, 5.74) is 1.12. The van der Waals surface area contributed by atoms with E-state index in [4.69, 9.17) is 0 Å². The second kappa shape index (κ2) is 4.86. The van der Waals surface area contributed by atoms with Gasteiger partial charge in [0.1, 0.15) is 0 Å². The molecule has 0 aliphatic carbocycles. The fourth-order valence-electron chi connectivity index (χ4n) is 1.23. The SMILES string of the molecule is Cc1sc(=O)n(CCCCS)c1C. The second-order valence-corrected chi connectivity index (χ2v) is 4.70. The summed E-state index contributed by atoms with van der Waals surface area (Å²) in [6.45, 7) is 4.85. The van der Waals surface area contributed by atoms with Crippen molar-refractivity contribution in [3.8, 4) is 0 Å². The Morgan fingerprint density at radius 3 is 2.54 bits per heavy atom. The molecule has 0 aliphatic heterocycles. The monoisotopic (exact) mass is 217 g/mol. The Kier molecular flexibility index (Phi) is 4.06. The van der Waals surface area contributed by atoms with Gasteiger partial charge in [-0.2, -0.15) is 12.6 Å². The molecule has 1 heterocycles. The van der Waals surface area contributed by atoms with Crippen molar-refractivity contribution >= 4 is 24.0 Å². The molecule has 74 valence electrons. The second-order valence-electron chi connectivity index (χ2n) is 3.09. The number of nitrogens with zero attached hydrogens (tertiary/aromatic N) is 1. The third kappa shape index (κ3) is 2.61. The van der Waals surface area contributed by atoms with Crippen molar-refractivity contribution in [3.05, 3.63) is 20.2 Å². The lowest BCUT2D eigenvalue weighted by Crippen LogP contribution is -2.14. The Balaban J connectivity index is 2.70. The molecule has 0 spiro atoms. The highest BCUT2D eigenvalue weighted by atomic mass is 32.1. The summed E-state index contributed by atoms with van der Waals surface area (Å²) in [4.78, 5) is 12.7. The van der Waals surface area contributed by atoms with Crippen LogP contribution in [0.5, 0.6) is 0 Å². The van der Waals surface area contributed by atoms with E-state index >= 15 is 0 Å². The normalized spacial score (nSPS) is 10.7. The average molecular weight is 217 g/mol. The Morgan fingerprint density at radius 1 is 1.38 bits per heavy atom. The molecule has 0 aromatic carbocycles. The zero-order chi connectivity index (χ0) is 9.84. The van der Waals surface area contributed by atoms with Gasteiger partial charge in [-0.1, -0.05) is 11.3 Å². The van der Waals surface area contributed by atoms with Crippen molar-refractivity contribution < 1.29 is 0 Å². The van der Waals surface area contributed by atoms with E-state index in [0.29, 0.717) is 0 Å². The topological polar surface area (TPSA) is 22.0 Å². The first-order valence-corrected chi connectivity index (χ1v) is 5.89. The molecule has 0 radical (unpaired) electrons. The molecular formula is C9H15NOS2. The minimum atomic E-state index is 0.175. The van der Waals surface area contributed by atoms with Gasteiger partial charge in [0.25, 0.3) is 0 Å². The van der Waals surface area contributed by atoms with Gasteiger partial charge in [0.05, 0.1) is 0 Å². The third-order valence-electron chi connectivity index (χ3n) is 2.17. The molecule has 1 aromatic heterocycles. The van der Waals surface area contributed by atoms with Crippen LogP contribution >= 0.6 is 24.0 Å². The van der Waals surface area contributed by atoms with Gasteiger partial charge in [-0.3, -0.25) is 4.79 Å². The zero-order valence-electron chi connectivity index (χ0n) is 8.04. The van der Waals surface area contributed by atoms with Crippen LogP contribution < -0.4 is 4.87 Å². The molecule has 0 aliphatic rings. The van der Waals surface area contributed by atoms with Crippen LogP contribution in [0.3, 0.4) is 0 Å². The van der Waals surface area contributed by atoms with Crippen LogP contribution in [0.15, 0.2) is 4.79 Å². The number of hydrogen-bond donors (Lipinski definition) is 1. The Hall–Kier alpha value is -0.220. The van der Waals surface area contributed by atoms with Gasteiger partial charge in [0.2, 0.25) is 0 Å². The fraction of sp³-hybridized carbons (Fsp3) is 0.667. The van der Waals surface area contributed by atoms with E-state index in [2.05, 4.69) is 12.6 Å². The van der Waals surface area contributed by atoms with Crippen LogP contribution in [-0.4, -0.2) is 10.3 Å². The average Bonchev–Trinajstić information content (AvgIpc) is 2.32. The summed E-state index contributed by atoms with van der Waals surface area (Å²) in [5, 5.41) is 0. The number of aromatic nitrogens is 1. The van der Waals surface area contributed by atoms with Crippen molar-refractivity contribution in [2.45, 2.75) is 33.2 Å². The number of rotatable bonds is 4. The molecule has 0 atom stereocenters. The molecule has 0 fully saturated rings. The highest BCUT2D eigenvalue weighted by Crippen LogP contribution is 2.10. The molecule has 2 nitrogen and oxygen atoms in total. The first kappa shape index (κ1) is 10.9. The molecule has 4 heteroatoms. The maximum atomic E-state index is 11.4. The predicted octanol–water partition coefficient (Wildman–Crippen LogP) is 2.24. The van der Waals surface area contributed by atoms with Crippen molar-refractivity contribution in [1.82, 2.24) is 4.57 Å². The lowest BCUT2D eigenvalue weighted by atomic mass is 10.3. The first-order chi connectivity index (χ1) is 6.16. The van der Waals surface area contributed by atoms with Gasteiger partial charge in [-0.15, -0.1) is 0 Å². The van der Waals surface area contributed by atoms with Crippen molar-refractivity contribution in [1.29, 1.82) is 0 Å². The van der Waals surface area contributed by atoms with E-state index in [0.717, 1.165) is 35.7 Å². The third-order valence-corrected chi connectivity index (χ3v) is 3.48. The largest absolute Gasteiger partial charge is 0.307 e. The lowest BCUT2D eigenvalue weighted by molar-refractivity contribution is 0.612. The first-order valence-electron chi connectivity index (χ1n) is 4.44. The molecule has 0 N–H and O–H groups in total. The molecule has 1 aromatic rings. The van der Waals surface area contributed by atoms with Gasteiger partial charge in [0, 0.05) is 17.1 Å². The van der Waals surface area contributed by atoms with Crippen LogP contribution in [-0.2, 0) is 6.54 Å². The van der Waals surface area contributed by atoms with Crippen LogP contribution in [0.2, 0.25) is 0 Å². The van der Waals surface area contributed by atoms with Gasteiger partial charge >= 0.3 is 4.87 Å². The summed E-state index contributed by atoms with van der Waals surface area (Å²) in [6.07, 6.45) is 2.12. The standard InChI is InChI=1S/C9H15NOS2/c1-7-8(2)13-9(11)10(7)5-3-4-6-12/h12H,3-6H2,1-2H3. The van der Waals surface area contributed by atoms with E-state index in [-0.39, 0.29) is 4.87 Å². The maximum absolute atomic E-state index is 11.4. The molecular weight excluding hydrogens is 202 g/mol. The van der Waals surface area contributed by atoms with Crippen molar-refractivity contribution in [2.24, 2.45) is 0 Å². The van der Waals surface area contributed by atoms with Crippen LogP contribution in [0.25, 0.3) is 0 Å².